The Bertz CT molecular complexity index is 471. The fourth-order valence-corrected chi connectivity index (χ4v) is 2.49. The highest BCUT2D eigenvalue weighted by Crippen LogP contribution is 2.33. The van der Waals surface area contributed by atoms with Crippen LogP contribution in [-0.4, -0.2) is 18.0 Å². The smallest absolute Gasteiger partial charge is 0.138 e. The normalized spacial score (nSPS) is 16.4. The van der Waals surface area contributed by atoms with Crippen LogP contribution in [0.15, 0.2) is 17.7 Å². The van der Waals surface area contributed by atoms with Gasteiger partial charge in [0.2, 0.25) is 0 Å². The molecule has 0 aliphatic carbocycles. The molecule has 1 aromatic carbocycles. The third-order valence-electron chi connectivity index (χ3n) is 3.33. The Morgan fingerprint density at radius 2 is 1.78 bits per heavy atom. The summed E-state index contributed by atoms with van der Waals surface area (Å²) in [6.45, 7) is 5.28. The van der Waals surface area contributed by atoms with Crippen LogP contribution in [0.5, 0.6) is 0 Å². The zero-order chi connectivity index (χ0) is 13.3. The van der Waals surface area contributed by atoms with Crippen molar-refractivity contribution in [3.8, 4) is 0 Å². The standard InChI is InChI=1S/C14H16F3N/c1-3-18-6-4-5-9(2)14(18)13-11(16)7-10(15)8-12(13)17/h7-8H,3-6H2,1-2H3. The molecule has 0 atom stereocenters. The van der Waals surface area contributed by atoms with E-state index in [4.69, 9.17) is 0 Å². The monoisotopic (exact) mass is 255 g/mol. The van der Waals surface area contributed by atoms with Crippen molar-refractivity contribution >= 4 is 5.70 Å². The fourth-order valence-electron chi connectivity index (χ4n) is 2.49. The molecule has 0 spiro atoms. The van der Waals surface area contributed by atoms with E-state index in [-0.39, 0.29) is 5.56 Å². The van der Waals surface area contributed by atoms with Crippen LogP contribution in [0.2, 0.25) is 0 Å². The van der Waals surface area contributed by atoms with Gasteiger partial charge in [0.15, 0.2) is 0 Å². The van der Waals surface area contributed by atoms with E-state index < -0.39 is 17.5 Å². The second-order valence-corrected chi connectivity index (χ2v) is 4.56. The van der Waals surface area contributed by atoms with E-state index in [1.807, 2.05) is 18.7 Å². The zero-order valence-corrected chi connectivity index (χ0v) is 10.6. The van der Waals surface area contributed by atoms with E-state index >= 15 is 0 Å². The number of benzene rings is 1. The van der Waals surface area contributed by atoms with E-state index in [0.717, 1.165) is 37.1 Å². The first-order chi connectivity index (χ1) is 8.54. The predicted molar refractivity (Wildman–Crippen MR) is 65.4 cm³/mol. The summed E-state index contributed by atoms with van der Waals surface area (Å²) in [5.74, 6) is -2.55. The van der Waals surface area contributed by atoms with Gasteiger partial charge in [0.05, 0.1) is 5.56 Å². The Kier molecular flexibility index (Phi) is 3.64. The van der Waals surface area contributed by atoms with Crippen LogP contribution in [0.4, 0.5) is 13.2 Å². The van der Waals surface area contributed by atoms with E-state index in [1.165, 1.54) is 0 Å². The summed E-state index contributed by atoms with van der Waals surface area (Å²) in [5.41, 5.74) is 1.43. The Labute approximate surface area is 105 Å². The number of nitrogens with zero attached hydrogens (tertiary/aromatic N) is 1. The summed E-state index contributed by atoms with van der Waals surface area (Å²) in [6.07, 6.45) is 1.80. The van der Waals surface area contributed by atoms with Crippen LogP contribution in [0.3, 0.4) is 0 Å². The molecule has 0 radical (unpaired) electrons. The van der Waals surface area contributed by atoms with Crippen LogP contribution >= 0.6 is 0 Å². The van der Waals surface area contributed by atoms with Crippen LogP contribution in [0, 0.1) is 17.5 Å². The molecule has 0 amide bonds. The first kappa shape index (κ1) is 13.0. The van der Waals surface area contributed by atoms with Gasteiger partial charge in [-0.1, -0.05) is 0 Å². The van der Waals surface area contributed by atoms with Gasteiger partial charge < -0.3 is 4.90 Å². The van der Waals surface area contributed by atoms with Crippen molar-refractivity contribution in [2.75, 3.05) is 13.1 Å². The first-order valence-corrected chi connectivity index (χ1v) is 6.14. The van der Waals surface area contributed by atoms with Gasteiger partial charge in [-0.05, 0) is 32.3 Å². The van der Waals surface area contributed by atoms with Crippen molar-refractivity contribution in [1.29, 1.82) is 0 Å². The number of halogens is 3. The molecule has 0 fully saturated rings. The highest BCUT2D eigenvalue weighted by atomic mass is 19.1. The van der Waals surface area contributed by atoms with Gasteiger partial charge in [0.25, 0.3) is 0 Å². The fraction of sp³-hybridized carbons (Fsp3) is 0.429. The number of hydrogen-bond donors (Lipinski definition) is 0. The third kappa shape index (κ3) is 2.24. The van der Waals surface area contributed by atoms with Gasteiger partial charge >= 0.3 is 0 Å². The van der Waals surface area contributed by atoms with Crippen molar-refractivity contribution < 1.29 is 13.2 Å². The van der Waals surface area contributed by atoms with Crippen molar-refractivity contribution in [3.63, 3.8) is 0 Å². The van der Waals surface area contributed by atoms with Crippen molar-refractivity contribution in [3.05, 3.63) is 40.7 Å². The lowest BCUT2D eigenvalue weighted by atomic mass is 9.97. The molecule has 0 unspecified atom stereocenters. The Morgan fingerprint density at radius 3 is 2.33 bits per heavy atom. The predicted octanol–water partition coefficient (Wildman–Crippen LogP) is 3.95. The van der Waals surface area contributed by atoms with Crippen molar-refractivity contribution in [2.24, 2.45) is 0 Å². The third-order valence-corrected chi connectivity index (χ3v) is 3.33. The molecular formula is C14H16F3N. The summed E-state index contributed by atoms with van der Waals surface area (Å²) in [5, 5.41) is 0. The van der Waals surface area contributed by atoms with E-state index in [2.05, 4.69) is 0 Å². The molecule has 0 aromatic heterocycles. The molecule has 1 nitrogen and oxygen atoms in total. The lowest BCUT2D eigenvalue weighted by Crippen LogP contribution is -2.28. The van der Waals surface area contributed by atoms with Gasteiger partial charge in [-0.3, -0.25) is 0 Å². The molecule has 18 heavy (non-hydrogen) atoms. The number of allylic oxidation sites excluding steroid dienone is 1. The van der Waals surface area contributed by atoms with Crippen LogP contribution < -0.4 is 0 Å². The number of hydrogen-bond acceptors (Lipinski definition) is 1. The Morgan fingerprint density at radius 1 is 1.17 bits per heavy atom. The maximum Gasteiger partial charge on any atom is 0.138 e. The van der Waals surface area contributed by atoms with E-state index in [0.29, 0.717) is 12.2 Å². The molecule has 1 aliphatic rings. The molecule has 1 aromatic rings. The quantitative estimate of drug-likeness (QED) is 0.773. The second kappa shape index (κ2) is 5.04. The van der Waals surface area contributed by atoms with Gasteiger partial charge in [-0.25, -0.2) is 13.2 Å². The molecule has 0 bridgehead atoms. The molecule has 0 saturated heterocycles. The highest BCUT2D eigenvalue weighted by Gasteiger charge is 2.24. The average Bonchev–Trinajstić information content (AvgIpc) is 2.29. The maximum absolute atomic E-state index is 13.8. The minimum absolute atomic E-state index is 0.101. The lowest BCUT2D eigenvalue weighted by Gasteiger charge is -2.32. The number of rotatable bonds is 2. The Balaban J connectivity index is 2.59. The van der Waals surface area contributed by atoms with Crippen LogP contribution in [-0.2, 0) is 0 Å². The van der Waals surface area contributed by atoms with E-state index in [1.54, 1.807) is 0 Å². The molecule has 0 saturated carbocycles. The summed E-state index contributed by atoms with van der Waals surface area (Å²) >= 11 is 0. The molecule has 0 N–H and O–H groups in total. The average molecular weight is 255 g/mol. The molecule has 1 heterocycles. The highest BCUT2D eigenvalue weighted by molar-refractivity contribution is 5.68. The Hall–Kier alpha value is -1.45. The summed E-state index contributed by atoms with van der Waals surface area (Å²) in [6, 6.07) is 1.47. The largest absolute Gasteiger partial charge is 0.371 e. The van der Waals surface area contributed by atoms with Gasteiger partial charge in [0.1, 0.15) is 17.5 Å². The minimum Gasteiger partial charge on any atom is -0.371 e. The SMILES string of the molecule is CCN1CCCC(C)=C1c1c(F)cc(F)cc1F. The van der Waals surface area contributed by atoms with E-state index in [9.17, 15) is 13.2 Å². The summed E-state index contributed by atoms with van der Waals surface area (Å²) in [7, 11) is 0. The molecule has 1 aliphatic heterocycles. The van der Waals surface area contributed by atoms with Gasteiger partial charge in [0, 0.05) is 30.9 Å². The maximum atomic E-state index is 13.8. The lowest BCUT2D eigenvalue weighted by molar-refractivity contribution is 0.382. The minimum atomic E-state index is -0.883. The van der Waals surface area contributed by atoms with Crippen molar-refractivity contribution in [2.45, 2.75) is 26.7 Å². The van der Waals surface area contributed by atoms with Gasteiger partial charge in [-0.2, -0.15) is 0 Å². The summed E-state index contributed by atoms with van der Waals surface area (Å²) in [4.78, 5) is 1.94. The van der Waals surface area contributed by atoms with Crippen molar-refractivity contribution in [1.82, 2.24) is 4.90 Å². The van der Waals surface area contributed by atoms with Crippen LogP contribution in [0.25, 0.3) is 5.70 Å². The summed E-state index contributed by atoms with van der Waals surface area (Å²) < 4.78 is 40.6. The first-order valence-electron chi connectivity index (χ1n) is 6.14. The molecule has 98 valence electrons. The molecule has 4 heteroatoms. The molecular weight excluding hydrogens is 239 g/mol. The van der Waals surface area contributed by atoms with Gasteiger partial charge in [-0.15, -0.1) is 0 Å². The molecule has 2 rings (SSSR count). The zero-order valence-electron chi connectivity index (χ0n) is 10.6. The second-order valence-electron chi connectivity index (χ2n) is 4.56. The topological polar surface area (TPSA) is 3.24 Å². The van der Waals surface area contributed by atoms with Crippen LogP contribution in [0.1, 0.15) is 32.3 Å².